The predicted octanol–water partition coefficient (Wildman–Crippen LogP) is -1.98. The molecule has 17 heavy (non-hydrogen) atoms. The lowest BCUT2D eigenvalue weighted by atomic mass is 10.3. The molecule has 7 heteroatoms. The monoisotopic (exact) mass is 243 g/mol. The summed E-state index contributed by atoms with van der Waals surface area (Å²) in [5.41, 5.74) is 4.86. The van der Waals surface area contributed by atoms with Crippen LogP contribution in [0.2, 0.25) is 0 Å². The number of nitrogens with two attached hydrogens (primary N) is 1. The summed E-state index contributed by atoms with van der Waals surface area (Å²) in [6.45, 7) is 6.05. The molecule has 1 aliphatic heterocycles. The summed E-state index contributed by atoms with van der Waals surface area (Å²) >= 11 is 0. The average Bonchev–Trinajstić information content (AvgIpc) is 2.26. The molecule has 0 atom stereocenters. The molecule has 0 aromatic carbocycles. The number of primary amides is 1. The van der Waals surface area contributed by atoms with Crippen LogP contribution in [0.3, 0.4) is 0 Å². The van der Waals surface area contributed by atoms with E-state index in [1.165, 1.54) is 0 Å². The lowest BCUT2D eigenvalue weighted by Gasteiger charge is -2.28. The van der Waals surface area contributed by atoms with E-state index in [-0.39, 0.29) is 12.5 Å². The number of imide groups is 1. The van der Waals surface area contributed by atoms with E-state index in [9.17, 15) is 9.59 Å². The maximum absolute atomic E-state index is 11.2. The summed E-state index contributed by atoms with van der Waals surface area (Å²) < 4.78 is 0. The van der Waals surface area contributed by atoms with Crippen LogP contribution in [0.25, 0.3) is 0 Å². The number of rotatable bonds is 5. The Morgan fingerprint density at radius 3 is 2.65 bits per heavy atom. The van der Waals surface area contributed by atoms with Gasteiger partial charge in [0.15, 0.2) is 0 Å². The summed E-state index contributed by atoms with van der Waals surface area (Å²) in [6, 6.07) is -0.800. The summed E-state index contributed by atoms with van der Waals surface area (Å²) in [7, 11) is 1.85. The molecule has 0 bridgehead atoms. The highest BCUT2D eigenvalue weighted by atomic mass is 16.2. The van der Waals surface area contributed by atoms with Crippen LogP contribution in [-0.2, 0) is 4.79 Å². The zero-order chi connectivity index (χ0) is 12.7. The van der Waals surface area contributed by atoms with E-state index in [4.69, 9.17) is 5.73 Å². The van der Waals surface area contributed by atoms with Crippen LogP contribution < -0.4 is 16.4 Å². The third-order valence-electron chi connectivity index (χ3n) is 2.68. The number of nitrogens with one attached hydrogen (secondary N) is 2. The van der Waals surface area contributed by atoms with Crippen LogP contribution in [-0.4, -0.2) is 74.6 Å². The molecule has 4 N–H and O–H groups in total. The molecule has 0 radical (unpaired) electrons. The van der Waals surface area contributed by atoms with E-state index in [1.807, 2.05) is 17.3 Å². The number of hydrogen-bond donors (Lipinski definition) is 3. The number of hydrogen-bond acceptors (Lipinski definition) is 5. The van der Waals surface area contributed by atoms with Gasteiger partial charge in [0.1, 0.15) is 0 Å². The molecule has 1 rings (SSSR count). The van der Waals surface area contributed by atoms with Crippen LogP contribution >= 0.6 is 0 Å². The summed E-state index contributed by atoms with van der Waals surface area (Å²) in [6.07, 6.45) is 0. The lowest BCUT2D eigenvalue weighted by Crippen LogP contribution is -2.47. The van der Waals surface area contributed by atoms with Crippen molar-refractivity contribution < 1.29 is 9.59 Å². The Hall–Kier alpha value is -1.18. The van der Waals surface area contributed by atoms with Gasteiger partial charge < -0.3 is 11.1 Å². The largest absolute Gasteiger partial charge is 0.351 e. The molecule has 1 aliphatic rings. The van der Waals surface area contributed by atoms with Crippen molar-refractivity contribution in [2.75, 3.05) is 52.9 Å². The van der Waals surface area contributed by atoms with Gasteiger partial charge in [-0.1, -0.05) is 0 Å². The Bertz CT molecular complexity index is 265. The van der Waals surface area contributed by atoms with Gasteiger partial charge in [-0.05, 0) is 7.05 Å². The highest BCUT2D eigenvalue weighted by Gasteiger charge is 2.12. The number of carbonyl (C=O) groups excluding carboxylic acids is 2. The van der Waals surface area contributed by atoms with Crippen molar-refractivity contribution in [3.05, 3.63) is 0 Å². The Morgan fingerprint density at radius 2 is 2.06 bits per heavy atom. The lowest BCUT2D eigenvalue weighted by molar-refractivity contribution is -0.120. The minimum atomic E-state index is -0.800. The van der Waals surface area contributed by atoms with E-state index in [1.54, 1.807) is 0 Å². The Morgan fingerprint density at radius 1 is 1.41 bits per heavy atom. The minimum Gasteiger partial charge on any atom is -0.351 e. The maximum atomic E-state index is 11.2. The number of nitrogens with zero attached hydrogens (tertiary/aromatic N) is 2. The topological polar surface area (TPSA) is 90.7 Å². The first-order valence-corrected chi connectivity index (χ1v) is 5.79. The molecule has 3 amide bonds. The SMILES string of the molecule is CN(CCN1CCNCC1)CC(=O)NC(N)=O. The second-order valence-corrected chi connectivity index (χ2v) is 4.24. The van der Waals surface area contributed by atoms with E-state index in [0.29, 0.717) is 0 Å². The highest BCUT2D eigenvalue weighted by molar-refractivity contribution is 5.94. The molecule has 0 spiro atoms. The van der Waals surface area contributed by atoms with Crippen LogP contribution in [0.15, 0.2) is 0 Å². The third-order valence-corrected chi connectivity index (χ3v) is 2.68. The summed E-state index contributed by atoms with van der Waals surface area (Å²) in [4.78, 5) is 25.9. The Balaban J connectivity index is 2.13. The van der Waals surface area contributed by atoms with Crippen molar-refractivity contribution in [3.63, 3.8) is 0 Å². The predicted molar refractivity (Wildman–Crippen MR) is 64.5 cm³/mol. The summed E-state index contributed by atoms with van der Waals surface area (Å²) in [5, 5.41) is 5.33. The molecule has 0 unspecified atom stereocenters. The van der Waals surface area contributed by atoms with Gasteiger partial charge in [-0.25, -0.2) is 4.79 Å². The second-order valence-electron chi connectivity index (χ2n) is 4.24. The van der Waals surface area contributed by atoms with E-state index in [0.717, 1.165) is 39.3 Å². The van der Waals surface area contributed by atoms with Crippen molar-refractivity contribution in [1.82, 2.24) is 20.4 Å². The first-order valence-electron chi connectivity index (χ1n) is 5.79. The molecular formula is C10H21N5O2. The first-order chi connectivity index (χ1) is 8.08. The molecule has 0 saturated carbocycles. The van der Waals surface area contributed by atoms with Crippen molar-refractivity contribution in [2.45, 2.75) is 0 Å². The maximum Gasteiger partial charge on any atom is 0.318 e. The molecule has 0 aliphatic carbocycles. The van der Waals surface area contributed by atoms with E-state index in [2.05, 4.69) is 10.2 Å². The van der Waals surface area contributed by atoms with Crippen LogP contribution in [0, 0.1) is 0 Å². The van der Waals surface area contributed by atoms with Gasteiger partial charge in [-0.3, -0.25) is 19.9 Å². The number of urea groups is 1. The third kappa shape index (κ3) is 6.20. The summed E-state index contributed by atoms with van der Waals surface area (Å²) in [5.74, 6) is -0.361. The molecule has 1 heterocycles. The van der Waals surface area contributed by atoms with Crippen molar-refractivity contribution in [2.24, 2.45) is 5.73 Å². The molecular weight excluding hydrogens is 222 g/mol. The molecule has 0 aromatic heterocycles. The standard InChI is InChI=1S/C10H21N5O2/c1-14(8-9(16)13-10(11)17)6-7-15-4-2-12-3-5-15/h12H,2-8H2,1H3,(H3,11,13,16,17). The average molecular weight is 243 g/mol. The number of carbonyl (C=O) groups is 2. The normalized spacial score (nSPS) is 17.1. The quantitative estimate of drug-likeness (QED) is 0.520. The molecule has 98 valence electrons. The number of piperazine rings is 1. The van der Waals surface area contributed by atoms with Crippen molar-refractivity contribution in [1.29, 1.82) is 0 Å². The second kappa shape index (κ2) is 7.21. The fourth-order valence-corrected chi connectivity index (χ4v) is 1.75. The van der Waals surface area contributed by atoms with Gasteiger partial charge in [0.2, 0.25) is 5.91 Å². The highest BCUT2D eigenvalue weighted by Crippen LogP contribution is 1.92. The van der Waals surface area contributed by atoms with Gasteiger partial charge in [-0.2, -0.15) is 0 Å². The van der Waals surface area contributed by atoms with Gasteiger partial charge in [0.25, 0.3) is 0 Å². The Kier molecular flexibility index (Phi) is 5.88. The molecule has 7 nitrogen and oxygen atoms in total. The van der Waals surface area contributed by atoms with E-state index >= 15 is 0 Å². The van der Waals surface area contributed by atoms with Crippen LogP contribution in [0.1, 0.15) is 0 Å². The zero-order valence-corrected chi connectivity index (χ0v) is 10.2. The molecule has 0 aromatic rings. The minimum absolute atomic E-state index is 0.190. The van der Waals surface area contributed by atoms with Gasteiger partial charge in [0, 0.05) is 39.3 Å². The number of amides is 3. The fraction of sp³-hybridized carbons (Fsp3) is 0.800. The molecule has 1 fully saturated rings. The van der Waals surface area contributed by atoms with Crippen molar-refractivity contribution in [3.8, 4) is 0 Å². The van der Waals surface area contributed by atoms with Crippen molar-refractivity contribution >= 4 is 11.9 Å². The molecule has 1 saturated heterocycles. The first kappa shape index (κ1) is 13.9. The smallest absolute Gasteiger partial charge is 0.318 e. The fourth-order valence-electron chi connectivity index (χ4n) is 1.75. The van der Waals surface area contributed by atoms with Gasteiger partial charge in [0.05, 0.1) is 6.54 Å². The Labute approximate surface area is 101 Å². The van der Waals surface area contributed by atoms with Crippen LogP contribution in [0.4, 0.5) is 4.79 Å². The number of likely N-dealkylation sites (N-methyl/N-ethyl adjacent to an activating group) is 1. The van der Waals surface area contributed by atoms with Gasteiger partial charge in [-0.15, -0.1) is 0 Å². The van der Waals surface area contributed by atoms with Crippen LogP contribution in [0.5, 0.6) is 0 Å². The van der Waals surface area contributed by atoms with E-state index < -0.39 is 6.03 Å². The van der Waals surface area contributed by atoms with Gasteiger partial charge >= 0.3 is 6.03 Å². The zero-order valence-electron chi connectivity index (χ0n) is 10.2.